The lowest BCUT2D eigenvalue weighted by molar-refractivity contribution is -0.173. The maximum Gasteiger partial charge on any atom is 0.410 e. The van der Waals surface area contributed by atoms with Crippen molar-refractivity contribution in [3.8, 4) is 0 Å². The van der Waals surface area contributed by atoms with E-state index >= 15 is 4.39 Å². The van der Waals surface area contributed by atoms with E-state index in [0.717, 1.165) is 4.90 Å². The van der Waals surface area contributed by atoms with Crippen LogP contribution in [0.5, 0.6) is 0 Å². The highest BCUT2D eigenvalue weighted by Gasteiger charge is 2.54. The number of hydrogen-bond acceptors (Lipinski definition) is 7. The molecule has 0 radical (unpaired) electrons. The molecule has 1 atom stereocenters. The molecular weight excluding hydrogens is 693 g/mol. The van der Waals surface area contributed by atoms with E-state index in [2.05, 4.69) is 10.6 Å². The number of carbonyl (C=O) groups is 4. The van der Waals surface area contributed by atoms with Crippen molar-refractivity contribution in [2.24, 2.45) is 5.92 Å². The average molecular weight is 738 g/mol. The van der Waals surface area contributed by atoms with Gasteiger partial charge in [-0.15, -0.1) is 0 Å². The van der Waals surface area contributed by atoms with Gasteiger partial charge in [0, 0.05) is 31.5 Å². The maximum atomic E-state index is 16.4. The van der Waals surface area contributed by atoms with E-state index in [0.29, 0.717) is 5.56 Å². The molecule has 2 heterocycles. The Labute approximate surface area is 298 Å². The number of alkyl halides is 4. The van der Waals surface area contributed by atoms with Gasteiger partial charge in [-0.1, -0.05) is 36.4 Å². The van der Waals surface area contributed by atoms with Crippen molar-refractivity contribution in [1.29, 1.82) is 0 Å². The van der Waals surface area contributed by atoms with Gasteiger partial charge in [-0.05, 0) is 64.0 Å². The number of ether oxygens (including phenoxy) is 2. The van der Waals surface area contributed by atoms with Crippen LogP contribution in [0, 0.1) is 11.7 Å². The molecule has 2 aromatic carbocycles. The Hall–Kier alpha value is -4.63. The fraction of sp³-hybridized carbons (Fsp3) is 0.556. The van der Waals surface area contributed by atoms with Crippen molar-refractivity contribution >= 4 is 35.4 Å². The summed E-state index contributed by atoms with van der Waals surface area (Å²) in [5.74, 6) is -9.40. The summed E-state index contributed by atoms with van der Waals surface area (Å²) in [5, 5.41) is 4.97. The summed E-state index contributed by atoms with van der Waals surface area (Å²) in [6.07, 6.45) is -3.05. The average Bonchev–Trinajstić information content (AvgIpc) is 3.07. The number of nitrogen functional groups attached to an aromatic ring is 1. The van der Waals surface area contributed by atoms with Crippen molar-refractivity contribution in [2.45, 2.75) is 94.8 Å². The number of nitrogens with two attached hydrogens (primary N) is 1. The Bertz CT molecular complexity index is 1640. The minimum atomic E-state index is -3.09. The summed E-state index contributed by atoms with van der Waals surface area (Å²) in [4.78, 5) is 55.4. The van der Waals surface area contributed by atoms with Crippen LogP contribution < -0.4 is 16.4 Å². The Morgan fingerprint density at radius 2 is 1.52 bits per heavy atom. The highest BCUT2D eigenvalue weighted by molar-refractivity contribution is 5.99. The topological polar surface area (TPSA) is 143 Å². The lowest BCUT2D eigenvalue weighted by atomic mass is 9.70. The van der Waals surface area contributed by atoms with Crippen LogP contribution in [0.3, 0.4) is 0 Å². The van der Waals surface area contributed by atoms with Gasteiger partial charge in [0.2, 0.25) is 17.7 Å². The molecule has 0 spiro atoms. The zero-order valence-electron chi connectivity index (χ0n) is 29.3. The molecule has 11 nitrogen and oxygen atoms in total. The van der Waals surface area contributed by atoms with Crippen LogP contribution in [0.1, 0.15) is 70.4 Å². The number of nitrogens with zero attached hydrogens (tertiary/aromatic N) is 2. The second-order valence-electron chi connectivity index (χ2n) is 14.8. The number of benzene rings is 2. The predicted molar refractivity (Wildman–Crippen MR) is 180 cm³/mol. The van der Waals surface area contributed by atoms with Crippen LogP contribution >= 0.6 is 0 Å². The normalized spacial score (nSPS) is 20.2. The fourth-order valence-corrected chi connectivity index (χ4v) is 6.92. The standard InChI is InChI=1S/C36H44F5N5O6/c1-33(2,3)52-32(50)45-17-15-34(16-18-45,30(48)46-20-36(40,41)21-46)24-9-10-25(27(42)26(24)37)43-29(47)28(23-11-13-35(38,39)14-12-23)44-31(49)51-19-22-7-5-4-6-8-22/h4-10,23,28H,11-21,42H2,1-3H3,(H,43,47)(H,44,49). The summed E-state index contributed by atoms with van der Waals surface area (Å²) in [6.45, 7) is 3.17. The monoisotopic (exact) mass is 737 g/mol. The summed E-state index contributed by atoms with van der Waals surface area (Å²) < 4.78 is 82.8. The number of rotatable bonds is 8. The van der Waals surface area contributed by atoms with E-state index in [4.69, 9.17) is 15.2 Å². The number of hydrogen-bond donors (Lipinski definition) is 3. The number of piperidine rings is 1. The van der Waals surface area contributed by atoms with Crippen molar-refractivity contribution in [2.75, 3.05) is 37.2 Å². The molecule has 16 heteroatoms. The molecule has 284 valence electrons. The molecule has 0 aromatic heterocycles. The molecule has 4 amide bonds. The fourth-order valence-electron chi connectivity index (χ4n) is 6.92. The molecule has 1 unspecified atom stereocenters. The molecular formula is C36H44F5N5O6. The molecule has 3 fully saturated rings. The molecule has 2 aliphatic heterocycles. The van der Waals surface area contributed by atoms with Crippen LogP contribution in [-0.4, -0.2) is 83.5 Å². The van der Waals surface area contributed by atoms with E-state index in [1.54, 1.807) is 51.1 Å². The molecule has 52 heavy (non-hydrogen) atoms. The molecule has 2 aromatic rings. The second-order valence-corrected chi connectivity index (χ2v) is 14.8. The summed E-state index contributed by atoms with van der Waals surface area (Å²) in [5.41, 5.74) is 3.43. The van der Waals surface area contributed by atoms with E-state index in [1.807, 2.05) is 0 Å². The van der Waals surface area contributed by atoms with E-state index in [-0.39, 0.29) is 56.6 Å². The molecule has 1 saturated carbocycles. The summed E-state index contributed by atoms with van der Waals surface area (Å²) in [7, 11) is 0. The summed E-state index contributed by atoms with van der Waals surface area (Å²) >= 11 is 0. The Balaban J connectivity index is 1.37. The van der Waals surface area contributed by atoms with E-state index in [9.17, 15) is 36.7 Å². The number of carbonyl (C=O) groups excluding carboxylic acids is 4. The first kappa shape index (κ1) is 38.6. The minimum Gasteiger partial charge on any atom is -0.445 e. The van der Waals surface area contributed by atoms with Crippen LogP contribution in [0.2, 0.25) is 0 Å². The zero-order chi connectivity index (χ0) is 38.1. The Kier molecular flexibility index (Phi) is 11.0. The maximum absolute atomic E-state index is 16.4. The highest BCUT2D eigenvalue weighted by atomic mass is 19.3. The Morgan fingerprint density at radius 1 is 0.904 bits per heavy atom. The van der Waals surface area contributed by atoms with E-state index in [1.165, 1.54) is 17.0 Å². The van der Waals surface area contributed by atoms with Gasteiger partial charge in [0.1, 0.15) is 18.2 Å². The molecule has 4 N–H and O–H groups in total. The largest absolute Gasteiger partial charge is 0.445 e. The first-order chi connectivity index (χ1) is 24.3. The van der Waals surface area contributed by atoms with E-state index < -0.39 is 96.3 Å². The zero-order valence-corrected chi connectivity index (χ0v) is 29.3. The van der Waals surface area contributed by atoms with Crippen molar-refractivity contribution in [3.63, 3.8) is 0 Å². The quantitative estimate of drug-likeness (QED) is 0.216. The van der Waals surface area contributed by atoms with Crippen LogP contribution in [0.4, 0.5) is 42.9 Å². The molecule has 2 saturated heterocycles. The van der Waals surface area contributed by atoms with Crippen LogP contribution in [0.25, 0.3) is 0 Å². The third kappa shape index (κ3) is 8.87. The van der Waals surface area contributed by atoms with Gasteiger partial charge in [-0.25, -0.2) is 31.5 Å². The van der Waals surface area contributed by atoms with Gasteiger partial charge >= 0.3 is 12.2 Å². The third-order valence-corrected chi connectivity index (χ3v) is 9.76. The van der Waals surface area contributed by atoms with Gasteiger partial charge in [-0.3, -0.25) is 9.59 Å². The van der Waals surface area contributed by atoms with Gasteiger partial charge in [-0.2, -0.15) is 0 Å². The predicted octanol–water partition coefficient (Wildman–Crippen LogP) is 6.21. The molecule has 0 bridgehead atoms. The van der Waals surface area contributed by atoms with Gasteiger partial charge in [0.25, 0.3) is 5.92 Å². The lowest BCUT2D eigenvalue weighted by Crippen LogP contribution is -2.64. The number of nitrogens with one attached hydrogen (secondary N) is 2. The van der Waals surface area contributed by atoms with Gasteiger partial charge in [0.15, 0.2) is 5.82 Å². The molecule has 1 aliphatic carbocycles. The first-order valence-corrected chi connectivity index (χ1v) is 17.2. The van der Waals surface area contributed by atoms with Gasteiger partial charge in [0.05, 0.1) is 29.9 Å². The smallest absolute Gasteiger partial charge is 0.410 e. The van der Waals surface area contributed by atoms with Crippen molar-refractivity contribution in [3.05, 3.63) is 59.4 Å². The highest BCUT2D eigenvalue weighted by Crippen LogP contribution is 2.44. The number of likely N-dealkylation sites (tertiary alicyclic amines) is 2. The number of anilines is 2. The van der Waals surface area contributed by atoms with Gasteiger partial charge < -0.3 is 35.6 Å². The van der Waals surface area contributed by atoms with Crippen molar-refractivity contribution in [1.82, 2.24) is 15.1 Å². The van der Waals surface area contributed by atoms with Crippen molar-refractivity contribution < 1.29 is 50.6 Å². The minimum absolute atomic E-state index is 0.0448. The van der Waals surface area contributed by atoms with Crippen LogP contribution in [0.15, 0.2) is 42.5 Å². The first-order valence-electron chi connectivity index (χ1n) is 17.2. The van der Waals surface area contributed by atoms with Crippen LogP contribution in [-0.2, 0) is 31.1 Å². The SMILES string of the molecule is CC(C)(C)OC(=O)N1CCC(C(=O)N2CC(F)(F)C2)(c2ccc(NC(=O)C(NC(=O)OCc3ccccc3)C3CCC(F)(F)CC3)c(N)c2F)CC1. The molecule has 3 aliphatic rings. The summed E-state index contributed by atoms with van der Waals surface area (Å²) in [6, 6.07) is 9.87. The number of alkyl carbamates (subject to hydrolysis) is 1. The number of amides is 4. The number of halogens is 5. The molecule has 5 rings (SSSR count). The second kappa shape index (κ2) is 14.8. The lowest BCUT2D eigenvalue weighted by Gasteiger charge is -2.47. The Morgan fingerprint density at radius 3 is 2.10 bits per heavy atom. The third-order valence-electron chi connectivity index (χ3n) is 9.76.